The van der Waals surface area contributed by atoms with Gasteiger partial charge in [-0.05, 0) is 90.3 Å². The standard InChI is InChI=1S/C45H54N7O6/c1-8-25(4)37(21-53)52-20-27(22-56-6)15-36(52)42-46-19-35(47-42)29-9-11-31-30(16-29)23-58-38-18-32-28(17-33(31)38)10-12-34-40(32)49-43(48-34)45(14-13-26(5)51-45)41(54)39(24(2)3)50-44(55)57-7/h9-12,16-19,21,24-27,36,39,51H,8,13-15,20,22-23H2,1-7H3,(H,46,47)(H,48,49)(H,50,55)/t25-,26-,27-,36-,39?,45?/m0/s1. The van der Waals surface area contributed by atoms with Gasteiger partial charge in [0, 0.05) is 30.6 Å². The molecule has 2 saturated heterocycles. The van der Waals surface area contributed by atoms with Crippen LogP contribution in [-0.2, 0) is 31.2 Å². The number of H-pyrrole nitrogens is 2. The Hall–Kier alpha value is -5.11. The first-order valence-corrected chi connectivity index (χ1v) is 20.5. The van der Waals surface area contributed by atoms with Crippen molar-refractivity contribution in [2.24, 2.45) is 17.8 Å². The average Bonchev–Trinajstić information content (AvgIpc) is 4.05. The van der Waals surface area contributed by atoms with Crippen LogP contribution in [-0.4, -0.2) is 82.5 Å². The van der Waals surface area contributed by atoms with Crippen molar-refractivity contribution in [3.05, 3.63) is 71.9 Å². The number of amides is 1. The van der Waals surface area contributed by atoms with Crippen LogP contribution in [0.3, 0.4) is 0 Å². The van der Waals surface area contributed by atoms with Crippen molar-refractivity contribution in [3.8, 4) is 28.1 Å². The zero-order valence-electron chi connectivity index (χ0n) is 34.4. The first-order chi connectivity index (χ1) is 28.0. The molecule has 58 heavy (non-hydrogen) atoms. The van der Waals surface area contributed by atoms with E-state index in [4.69, 9.17) is 24.2 Å². The van der Waals surface area contributed by atoms with Crippen LogP contribution in [0.4, 0.5) is 4.79 Å². The Morgan fingerprint density at radius 1 is 1.10 bits per heavy atom. The molecule has 0 spiro atoms. The number of aldehydes is 1. The minimum Gasteiger partial charge on any atom is -0.488 e. The number of hydrogen-bond donors (Lipinski definition) is 4. The fraction of sp³-hybridized carbons (Fsp3) is 0.467. The van der Waals surface area contributed by atoms with Gasteiger partial charge in [-0.25, -0.2) is 14.8 Å². The smallest absolute Gasteiger partial charge is 0.407 e. The Labute approximate surface area is 339 Å². The molecule has 0 aliphatic carbocycles. The normalized spacial score (nSPS) is 22.9. The summed E-state index contributed by atoms with van der Waals surface area (Å²) in [6, 6.07) is 14.8. The number of benzene rings is 3. The summed E-state index contributed by atoms with van der Waals surface area (Å²) in [6.45, 7) is 11.9. The molecule has 3 aliphatic heterocycles. The van der Waals surface area contributed by atoms with Crippen LogP contribution in [0, 0.1) is 23.8 Å². The molecule has 13 nitrogen and oxygen atoms in total. The summed E-state index contributed by atoms with van der Waals surface area (Å²) in [5.41, 5.74) is 5.56. The number of Topliss-reactive ketones (excluding diaryl/α,β-unsaturated/α-hetero) is 1. The highest BCUT2D eigenvalue weighted by atomic mass is 16.5. The Morgan fingerprint density at radius 3 is 2.64 bits per heavy atom. The van der Waals surface area contributed by atoms with E-state index in [1.807, 2.05) is 26.1 Å². The number of aromatic nitrogens is 4. The van der Waals surface area contributed by atoms with E-state index in [1.54, 1.807) is 7.11 Å². The Morgan fingerprint density at radius 2 is 1.93 bits per heavy atom. The molecule has 8 rings (SSSR count). The maximum atomic E-state index is 14.4. The van der Waals surface area contributed by atoms with Gasteiger partial charge in [-0.15, -0.1) is 0 Å². The van der Waals surface area contributed by atoms with Crippen molar-refractivity contribution in [1.82, 2.24) is 35.5 Å². The van der Waals surface area contributed by atoms with Gasteiger partial charge in [0.2, 0.25) is 0 Å². The number of nitrogens with one attached hydrogen (secondary N) is 4. The summed E-state index contributed by atoms with van der Waals surface area (Å²) in [7, 11) is 3.02. The van der Waals surface area contributed by atoms with Gasteiger partial charge in [0.25, 0.3) is 0 Å². The molecule has 5 heterocycles. The highest BCUT2D eigenvalue weighted by Gasteiger charge is 2.51. The molecule has 3 aromatic carbocycles. The van der Waals surface area contributed by atoms with E-state index in [0.717, 1.165) is 99.5 Å². The molecule has 4 N–H and O–H groups in total. The summed E-state index contributed by atoms with van der Waals surface area (Å²) in [4.78, 5) is 58.2. The number of ketones is 1. The third kappa shape index (κ3) is 6.96. The van der Waals surface area contributed by atoms with E-state index in [9.17, 15) is 14.4 Å². The minimum atomic E-state index is -1.11. The highest BCUT2D eigenvalue weighted by Crippen LogP contribution is 2.45. The third-order valence-electron chi connectivity index (χ3n) is 12.6. The van der Waals surface area contributed by atoms with Crippen LogP contribution in [0.25, 0.3) is 44.2 Å². The van der Waals surface area contributed by atoms with E-state index in [1.165, 1.54) is 7.11 Å². The maximum Gasteiger partial charge on any atom is 0.407 e. The molecule has 2 fully saturated rings. The number of fused-ring (bicyclic) bond motifs is 6. The van der Waals surface area contributed by atoms with Crippen LogP contribution in [0.1, 0.15) is 83.6 Å². The Balaban J connectivity index is 1.10. The maximum absolute atomic E-state index is 14.4. The number of hydrogen-bond acceptors (Lipinski definition) is 10. The molecule has 6 atom stereocenters. The van der Waals surface area contributed by atoms with Gasteiger partial charge in [0.1, 0.15) is 41.9 Å². The van der Waals surface area contributed by atoms with Crippen LogP contribution < -0.4 is 15.4 Å². The molecular formula is C45H54N7O6. The zero-order chi connectivity index (χ0) is 40.9. The number of rotatable bonds is 13. The summed E-state index contributed by atoms with van der Waals surface area (Å²) >= 11 is 0. The van der Waals surface area contributed by atoms with Crippen LogP contribution in [0.2, 0.25) is 0 Å². The number of alkyl carbamates (subject to hydrolysis) is 1. The number of methoxy groups -OCH3 is 2. The number of imidazole rings is 2. The van der Waals surface area contributed by atoms with Crippen molar-refractivity contribution in [2.75, 3.05) is 27.4 Å². The largest absolute Gasteiger partial charge is 0.488 e. The number of aromatic amines is 2. The third-order valence-corrected chi connectivity index (χ3v) is 12.6. The van der Waals surface area contributed by atoms with Gasteiger partial charge in [-0.2, -0.15) is 0 Å². The van der Waals surface area contributed by atoms with Crippen LogP contribution in [0.15, 0.2) is 48.7 Å². The first kappa shape index (κ1) is 39.7. The zero-order valence-corrected chi connectivity index (χ0v) is 34.4. The lowest BCUT2D eigenvalue weighted by molar-refractivity contribution is -0.128. The van der Waals surface area contributed by atoms with Gasteiger partial charge in [0.15, 0.2) is 5.78 Å². The summed E-state index contributed by atoms with van der Waals surface area (Å²) in [5, 5.41) is 8.27. The van der Waals surface area contributed by atoms with E-state index < -0.39 is 17.7 Å². The molecule has 0 saturated carbocycles. The van der Waals surface area contributed by atoms with Crippen molar-refractivity contribution in [3.63, 3.8) is 0 Å². The van der Waals surface area contributed by atoms with Crippen LogP contribution in [0.5, 0.6) is 5.75 Å². The predicted molar refractivity (Wildman–Crippen MR) is 222 cm³/mol. The monoisotopic (exact) mass is 788 g/mol. The summed E-state index contributed by atoms with van der Waals surface area (Å²) < 4.78 is 16.8. The molecule has 5 aromatic rings. The topological polar surface area (TPSA) is 164 Å². The molecule has 3 aliphatic rings. The number of likely N-dealkylation sites (tertiary alicyclic amines) is 1. The molecule has 2 aromatic heterocycles. The number of nitrogens with zero attached hydrogens (tertiary/aromatic N) is 3. The van der Waals surface area contributed by atoms with Crippen molar-refractivity contribution >= 4 is 40.0 Å². The lowest BCUT2D eigenvalue weighted by Gasteiger charge is -2.32. The van der Waals surface area contributed by atoms with Crippen molar-refractivity contribution in [1.29, 1.82) is 0 Å². The predicted octanol–water partition coefficient (Wildman–Crippen LogP) is 7.37. The van der Waals surface area contributed by atoms with E-state index in [2.05, 4.69) is 82.7 Å². The van der Waals surface area contributed by atoms with E-state index in [0.29, 0.717) is 31.4 Å². The van der Waals surface area contributed by atoms with Gasteiger partial charge in [0.05, 0.1) is 48.7 Å². The van der Waals surface area contributed by atoms with E-state index in [-0.39, 0.29) is 29.7 Å². The van der Waals surface area contributed by atoms with E-state index >= 15 is 0 Å². The molecule has 13 heteroatoms. The fourth-order valence-electron chi connectivity index (χ4n) is 9.30. The molecule has 0 bridgehead atoms. The molecule has 1 radical (unpaired) electrons. The molecule has 2 unspecified atom stereocenters. The van der Waals surface area contributed by atoms with Gasteiger partial charge in [-0.3, -0.25) is 15.0 Å². The quantitative estimate of drug-likeness (QED) is 0.0887. The number of ether oxygens (including phenoxy) is 3. The number of carbonyl (C=O) groups is 3. The minimum absolute atomic E-state index is 0.0359. The van der Waals surface area contributed by atoms with Gasteiger partial charge < -0.3 is 34.3 Å². The second-order valence-corrected chi connectivity index (χ2v) is 16.7. The van der Waals surface area contributed by atoms with Gasteiger partial charge >= 0.3 is 6.09 Å². The molecule has 1 amide bonds. The Kier molecular flexibility index (Phi) is 10.9. The Bertz CT molecular complexity index is 2350. The second-order valence-electron chi connectivity index (χ2n) is 16.7. The van der Waals surface area contributed by atoms with Gasteiger partial charge in [-0.1, -0.05) is 52.3 Å². The van der Waals surface area contributed by atoms with Crippen molar-refractivity contribution in [2.45, 2.75) is 90.6 Å². The summed E-state index contributed by atoms with van der Waals surface area (Å²) in [5.74, 6) is 2.30. The fourth-order valence-corrected chi connectivity index (χ4v) is 9.30. The SMILES string of the molecule is CC[C@H](C)[C](C=O)N1C[C@@H](COC)C[C@H]1c1ncc(-c2ccc3c(c2)COc2cc4c(ccc5nc(C6(C(=O)C(NC(=O)OC)C(C)C)CC[C@H](C)N6)[nH]c54)cc2-3)[nH]1. The lowest BCUT2D eigenvalue weighted by Crippen LogP contribution is -2.57. The molecule has 305 valence electrons. The van der Waals surface area contributed by atoms with Crippen LogP contribution >= 0.6 is 0 Å². The number of carbonyl (C=O) groups excluding carboxylic acids is 3. The summed E-state index contributed by atoms with van der Waals surface area (Å²) in [6.07, 6.45) is 5.32. The second kappa shape index (κ2) is 15.9. The average molecular weight is 789 g/mol. The lowest BCUT2D eigenvalue weighted by atomic mass is 9.83. The first-order valence-electron chi connectivity index (χ1n) is 20.5. The molecular weight excluding hydrogens is 735 g/mol. The highest BCUT2D eigenvalue weighted by molar-refractivity contribution is 6.07. The van der Waals surface area contributed by atoms with Crippen molar-refractivity contribution < 1.29 is 28.6 Å².